The van der Waals surface area contributed by atoms with E-state index in [0.717, 1.165) is 6.42 Å². The molecule has 0 aromatic carbocycles. The van der Waals surface area contributed by atoms with E-state index < -0.39 is 36.0 Å². The van der Waals surface area contributed by atoms with Gasteiger partial charge in [0.2, 0.25) is 11.8 Å². The normalized spacial score (nSPS) is 19.5. The molecular weight excluding hydrogens is 318 g/mol. The van der Waals surface area contributed by atoms with Gasteiger partial charge in [-0.15, -0.1) is 0 Å². The lowest BCUT2D eigenvalue weighted by molar-refractivity contribution is -0.144. The number of carboxylic acid groups (broad SMARTS) is 2. The summed E-state index contributed by atoms with van der Waals surface area (Å²) in [5.41, 5.74) is 0. The Kier molecular flexibility index (Phi) is 7.63. The van der Waals surface area contributed by atoms with E-state index in [1.807, 2.05) is 0 Å². The summed E-state index contributed by atoms with van der Waals surface area (Å²) in [7, 11) is 0. The van der Waals surface area contributed by atoms with Crippen LogP contribution in [-0.2, 0) is 19.2 Å². The lowest BCUT2D eigenvalue weighted by Gasteiger charge is -2.24. The zero-order valence-corrected chi connectivity index (χ0v) is 13.9. The van der Waals surface area contributed by atoms with Crippen LogP contribution >= 0.6 is 0 Å². The number of amides is 2. The molecule has 1 rings (SSSR count). The highest BCUT2D eigenvalue weighted by Crippen LogP contribution is 2.08. The second-order valence-electron chi connectivity index (χ2n) is 6.21. The smallest absolute Gasteiger partial charge is 0.326 e. The summed E-state index contributed by atoms with van der Waals surface area (Å²) in [4.78, 5) is 46.4. The number of carboxylic acids is 2. The van der Waals surface area contributed by atoms with Crippen molar-refractivity contribution in [3.8, 4) is 0 Å². The Labute approximate surface area is 140 Å². The summed E-state index contributed by atoms with van der Waals surface area (Å²) in [6.45, 7) is 4.00. The van der Waals surface area contributed by atoms with E-state index in [4.69, 9.17) is 10.2 Å². The molecule has 9 heteroatoms. The molecule has 0 saturated carbocycles. The summed E-state index contributed by atoms with van der Waals surface area (Å²) < 4.78 is 0. The monoisotopic (exact) mass is 343 g/mol. The summed E-state index contributed by atoms with van der Waals surface area (Å²) in [5, 5.41) is 25.8. The Morgan fingerprint density at radius 1 is 1.17 bits per heavy atom. The average molecular weight is 343 g/mol. The highest BCUT2D eigenvalue weighted by atomic mass is 16.4. The minimum Gasteiger partial charge on any atom is -0.481 e. The summed E-state index contributed by atoms with van der Waals surface area (Å²) in [6, 6.07) is -2.60. The maximum Gasteiger partial charge on any atom is 0.326 e. The molecule has 0 aromatic heterocycles. The van der Waals surface area contributed by atoms with Crippen LogP contribution in [0.1, 0.15) is 39.5 Å². The van der Waals surface area contributed by atoms with Gasteiger partial charge in [0.1, 0.15) is 12.1 Å². The quantitative estimate of drug-likeness (QED) is 0.373. The lowest BCUT2D eigenvalue weighted by atomic mass is 10.0. The molecule has 1 aliphatic heterocycles. The van der Waals surface area contributed by atoms with E-state index in [1.165, 1.54) is 0 Å². The summed E-state index contributed by atoms with van der Waals surface area (Å²) in [6.07, 6.45) is 1.07. The van der Waals surface area contributed by atoms with Gasteiger partial charge in [-0.2, -0.15) is 0 Å². The largest absolute Gasteiger partial charge is 0.481 e. The zero-order valence-electron chi connectivity index (χ0n) is 13.9. The molecule has 3 unspecified atom stereocenters. The van der Waals surface area contributed by atoms with E-state index in [9.17, 15) is 19.2 Å². The van der Waals surface area contributed by atoms with Gasteiger partial charge in [0.05, 0.1) is 6.04 Å². The third-order valence-electron chi connectivity index (χ3n) is 3.89. The first-order chi connectivity index (χ1) is 11.2. The molecule has 1 fully saturated rings. The molecule has 0 radical (unpaired) electrons. The lowest BCUT2D eigenvalue weighted by Crippen LogP contribution is -2.55. The number of hydrogen-bond donors (Lipinski definition) is 5. The maximum atomic E-state index is 12.3. The Hall–Kier alpha value is -2.16. The van der Waals surface area contributed by atoms with Gasteiger partial charge in [-0.25, -0.2) is 4.79 Å². The molecular formula is C15H25N3O6. The van der Waals surface area contributed by atoms with Crippen molar-refractivity contribution in [2.75, 3.05) is 6.54 Å². The van der Waals surface area contributed by atoms with E-state index in [2.05, 4.69) is 16.0 Å². The third kappa shape index (κ3) is 6.15. The molecule has 136 valence electrons. The molecule has 3 atom stereocenters. The fourth-order valence-corrected chi connectivity index (χ4v) is 2.48. The van der Waals surface area contributed by atoms with Crippen LogP contribution in [0.15, 0.2) is 0 Å². The summed E-state index contributed by atoms with van der Waals surface area (Å²) >= 11 is 0. The van der Waals surface area contributed by atoms with Crippen LogP contribution in [0.25, 0.3) is 0 Å². The molecule has 9 nitrogen and oxygen atoms in total. The van der Waals surface area contributed by atoms with Gasteiger partial charge in [0, 0.05) is 6.42 Å². The molecule has 0 spiro atoms. The van der Waals surface area contributed by atoms with Crippen molar-refractivity contribution in [1.29, 1.82) is 0 Å². The third-order valence-corrected chi connectivity index (χ3v) is 3.89. The van der Waals surface area contributed by atoms with Crippen molar-refractivity contribution < 1.29 is 29.4 Å². The maximum absolute atomic E-state index is 12.3. The Bertz CT molecular complexity index is 488. The van der Waals surface area contributed by atoms with Gasteiger partial charge in [-0.05, 0) is 31.7 Å². The first-order valence-corrected chi connectivity index (χ1v) is 8.01. The Balaban J connectivity index is 2.75. The minimum atomic E-state index is -1.18. The van der Waals surface area contributed by atoms with Gasteiger partial charge >= 0.3 is 11.9 Å². The van der Waals surface area contributed by atoms with E-state index in [-0.39, 0.29) is 24.7 Å². The van der Waals surface area contributed by atoms with Crippen LogP contribution < -0.4 is 16.0 Å². The highest BCUT2D eigenvalue weighted by molar-refractivity contribution is 5.92. The first kappa shape index (κ1) is 19.9. The van der Waals surface area contributed by atoms with Crippen LogP contribution in [0.4, 0.5) is 0 Å². The van der Waals surface area contributed by atoms with E-state index >= 15 is 0 Å². The highest BCUT2D eigenvalue weighted by Gasteiger charge is 2.31. The van der Waals surface area contributed by atoms with Gasteiger partial charge in [-0.1, -0.05) is 13.8 Å². The van der Waals surface area contributed by atoms with Crippen molar-refractivity contribution in [3.05, 3.63) is 0 Å². The number of carbonyl (C=O) groups is 4. The van der Waals surface area contributed by atoms with Crippen molar-refractivity contribution in [2.45, 2.75) is 57.7 Å². The van der Waals surface area contributed by atoms with Gasteiger partial charge < -0.3 is 26.2 Å². The molecule has 1 heterocycles. The number of aliphatic carboxylic acids is 2. The second-order valence-corrected chi connectivity index (χ2v) is 6.21. The average Bonchev–Trinajstić information content (AvgIpc) is 3.01. The van der Waals surface area contributed by atoms with E-state index in [0.29, 0.717) is 13.0 Å². The van der Waals surface area contributed by atoms with Crippen molar-refractivity contribution in [1.82, 2.24) is 16.0 Å². The minimum absolute atomic E-state index is 0.107. The molecule has 2 amide bonds. The number of hydrogen-bond acceptors (Lipinski definition) is 5. The van der Waals surface area contributed by atoms with Crippen LogP contribution in [0.2, 0.25) is 0 Å². The van der Waals surface area contributed by atoms with Crippen molar-refractivity contribution in [2.24, 2.45) is 5.92 Å². The van der Waals surface area contributed by atoms with Gasteiger partial charge in [0.15, 0.2) is 0 Å². The van der Waals surface area contributed by atoms with Gasteiger partial charge in [-0.3, -0.25) is 14.4 Å². The number of rotatable bonds is 9. The van der Waals surface area contributed by atoms with Crippen LogP contribution in [0.5, 0.6) is 0 Å². The molecule has 0 bridgehead atoms. The zero-order chi connectivity index (χ0) is 18.3. The second kappa shape index (κ2) is 9.21. The SMILES string of the molecule is CC(C)C(NC(=O)C(CCC(=O)O)NC(=O)C1CCCN1)C(=O)O. The van der Waals surface area contributed by atoms with Crippen molar-refractivity contribution >= 4 is 23.8 Å². The number of carbonyl (C=O) groups excluding carboxylic acids is 2. The Morgan fingerprint density at radius 2 is 1.83 bits per heavy atom. The topological polar surface area (TPSA) is 145 Å². The van der Waals surface area contributed by atoms with Crippen molar-refractivity contribution in [3.63, 3.8) is 0 Å². The number of nitrogens with one attached hydrogen (secondary N) is 3. The molecule has 24 heavy (non-hydrogen) atoms. The summed E-state index contributed by atoms with van der Waals surface area (Å²) in [5.74, 6) is -3.70. The van der Waals surface area contributed by atoms with Crippen LogP contribution in [0, 0.1) is 5.92 Å². The van der Waals surface area contributed by atoms with Gasteiger partial charge in [0.25, 0.3) is 0 Å². The standard InChI is InChI=1S/C15H25N3O6/c1-8(2)12(15(23)24)18-14(22)10(5-6-11(19)20)17-13(21)9-4-3-7-16-9/h8-10,12,16H,3-7H2,1-2H3,(H,17,21)(H,18,22)(H,19,20)(H,23,24). The predicted molar refractivity (Wildman–Crippen MR) is 84.2 cm³/mol. The molecule has 0 aromatic rings. The molecule has 1 saturated heterocycles. The molecule has 1 aliphatic rings. The molecule has 5 N–H and O–H groups in total. The van der Waals surface area contributed by atoms with Crippen LogP contribution in [0.3, 0.4) is 0 Å². The Morgan fingerprint density at radius 3 is 2.29 bits per heavy atom. The fraction of sp³-hybridized carbons (Fsp3) is 0.733. The first-order valence-electron chi connectivity index (χ1n) is 8.01. The molecule has 0 aliphatic carbocycles. The van der Waals surface area contributed by atoms with E-state index in [1.54, 1.807) is 13.8 Å². The fourth-order valence-electron chi connectivity index (χ4n) is 2.48. The predicted octanol–water partition coefficient (Wildman–Crippen LogP) is -0.687. The van der Waals surface area contributed by atoms with Crippen LogP contribution in [-0.4, -0.2) is 58.6 Å².